The van der Waals surface area contributed by atoms with Crippen molar-refractivity contribution in [1.82, 2.24) is 4.98 Å². The largest absolute Gasteiger partial charge is 0.454 e. The summed E-state index contributed by atoms with van der Waals surface area (Å²) in [6, 6.07) is 6.98. The predicted molar refractivity (Wildman–Crippen MR) is 89.2 cm³/mol. The molecule has 1 aromatic heterocycles. The maximum Gasteiger partial charge on any atom is 0.344 e. The van der Waals surface area contributed by atoms with E-state index in [2.05, 4.69) is 4.98 Å². The second kappa shape index (κ2) is 7.01. The van der Waals surface area contributed by atoms with Crippen molar-refractivity contribution < 1.29 is 18.7 Å². The number of pyridine rings is 1. The Morgan fingerprint density at radius 2 is 1.96 bits per heavy atom. The SMILES string of the molecule is CC[C@H](OC(=O)c1cc2c([nH]c1=O)CCCC2=O)c1ccc(F)cc1. The van der Waals surface area contributed by atoms with E-state index in [1.165, 1.54) is 30.3 Å². The highest BCUT2D eigenvalue weighted by atomic mass is 19.1. The van der Waals surface area contributed by atoms with E-state index in [0.29, 0.717) is 42.5 Å². The average molecular weight is 343 g/mol. The zero-order chi connectivity index (χ0) is 18.0. The van der Waals surface area contributed by atoms with E-state index in [0.717, 1.165) is 0 Å². The van der Waals surface area contributed by atoms with Crippen molar-refractivity contribution >= 4 is 11.8 Å². The van der Waals surface area contributed by atoms with Crippen molar-refractivity contribution in [2.24, 2.45) is 0 Å². The molecule has 0 fully saturated rings. The summed E-state index contributed by atoms with van der Waals surface area (Å²) in [6.07, 6.45) is 1.58. The van der Waals surface area contributed by atoms with Crippen molar-refractivity contribution in [1.29, 1.82) is 0 Å². The van der Waals surface area contributed by atoms with Crippen LogP contribution in [0.25, 0.3) is 0 Å². The zero-order valence-electron chi connectivity index (χ0n) is 13.8. The van der Waals surface area contributed by atoms with Gasteiger partial charge >= 0.3 is 5.97 Å². The van der Waals surface area contributed by atoms with Crippen LogP contribution in [-0.2, 0) is 11.2 Å². The normalized spacial score (nSPS) is 14.7. The zero-order valence-corrected chi connectivity index (χ0v) is 13.8. The number of benzene rings is 1. The number of esters is 1. The number of carbonyl (C=O) groups is 2. The summed E-state index contributed by atoms with van der Waals surface area (Å²) in [7, 11) is 0. The van der Waals surface area contributed by atoms with E-state index >= 15 is 0 Å². The van der Waals surface area contributed by atoms with Gasteiger partial charge in [-0.25, -0.2) is 9.18 Å². The molecule has 3 rings (SSSR count). The molecule has 6 heteroatoms. The molecule has 1 heterocycles. The van der Waals surface area contributed by atoms with Gasteiger partial charge in [0.2, 0.25) is 0 Å². The number of hydrogen-bond acceptors (Lipinski definition) is 4. The maximum atomic E-state index is 13.0. The van der Waals surface area contributed by atoms with Crippen molar-refractivity contribution in [3.8, 4) is 0 Å². The fourth-order valence-corrected chi connectivity index (χ4v) is 2.98. The van der Waals surface area contributed by atoms with E-state index in [4.69, 9.17) is 4.74 Å². The Labute approximate surface area is 143 Å². The van der Waals surface area contributed by atoms with Crippen LogP contribution < -0.4 is 5.56 Å². The second-order valence-electron chi connectivity index (χ2n) is 6.03. The predicted octanol–water partition coefficient (Wildman–Crippen LogP) is 3.34. The summed E-state index contributed by atoms with van der Waals surface area (Å²) >= 11 is 0. The number of halogens is 1. The molecule has 1 aromatic carbocycles. The van der Waals surface area contributed by atoms with E-state index in [-0.39, 0.29) is 17.2 Å². The fourth-order valence-electron chi connectivity index (χ4n) is 2.98. The lowest BCUT2D eigenvalue weighted by atomic mass is 9.94. The van der Waals surface area contributed by atoms with Gasteiger partial charge in [0.1, 0.15) is 17.5 Å². The van der Waals surface area contributed by atoms with Gasteiger partial charge in [0.25, 0.3) is 5.56 Å². The molecular formula is C19H18FNO4. The van der Waals surface area contributed by atoms with Crippen LogP contribution in [0.2, 0.25) is 0 Å². The number of rotatable bonds is 4. The van der Waals surface area contributed by atoms with Gasteiger partial charge in [0.15, 0.2) is 5.78 Å². The van der Waals surface area contributed by atoms with Gasteiger partial charge in [0.05, 0.1) is 0 Å². The summed E-state index contributed by atoms with van der Waals surface area (Å²) < 4.78 is 18.5. The van der Waals surface area contributed by atoms with Crippen LogP contribution in [-0.4, -0.2) is 16.7 Å². The fraction of sp³-hybridized carbons (Fsp3) is 0.316. The Bertz CT molecular complexity index is 870. The molecule has 130 valence electrons. The van der Waals surface area contributed by atoms with Gasteiger partial charge < -0.3 is 9.72 Å². The maximum absolute atomic E-state index is 13.0. The van der Waals surface area contributed by atoms with Gasteiger partial charge in [0, 0.05) is 17.7 Å². The first kappa shape index (κ1) is 17.1. The van der Waals surface area contributed by atoms with Crippen LogP contribution in [0.3, 0.4) is 0 Å². The quantitative estimate of drug-likeness (QED) is 0.864. The van der Waals surface area contributed by atoms with Gasteiger partial charge in [-0.2, -0.15) is 0 Å². The number of ether oxygens (including phenoxy) is 1. The van der Waals surface area contributed by atoms with E-state index in [1.807, 2.05) is 6.92 Å². The van der Waals surface area contributed by atoms with Gasteiger partial charge in [-0.15, -0.1) is 0 Å². The van der Waals surface area contributed by atoms with Crippen molar-refractivity contribution in [2.75, 3.05) is 0 Å². The van der Waals surface area contributed by atoms with Crippen LogP contribution in [0.1, 0.15) is 64.3 Å². The Morgan fingerprint density at radius 1 is 1.24 bits per heavy atom. The molecule has 0 saturated heterocycles. The number of aromatic amines is 1. The molecule has 0 bridgehead atoms. The lowest BCUT2D eigenvalue weighted by Crippen LogP contribution is -2.26. The summed E-state index contributed by atoms with van der Waals surface area (Å²) in [5.41, 5.74) is 0.848. The van der Waals surface area contributed by atoms with Crippen molar-refractivity contribution in [2.45, 2.75) is 38.7 Å². The van der Waals surface area contributed by atoms with Gasteiger partial charge in [-0.05, 0) is 43.0 Å². The molecule has 0 saturated carbocycles. The Kier molecular flexibility index (Phi) is 4.79. The van der Waals surface area contributed by atoms with E-state index < -0.39 is 17.6 Å². The Balaban J connectivity index is 1.87. The highest BCUT2D eigenvalue weighted by Gasteiger charge is 2.24. The molecule has 0 spiro atoms. The molecule has 0 amide bonds. The molecule has 0 aliphatic heterocycles. The molecule has 1 aliphatic carbocycles. The average Bonchev–Trinajstić information content (AvgIpc) is 2.60. The molecule has 5 nitrogen and oxygen atoms in total. The Morgan fingerprint density at radius 3 is 2.64 bits per heavy atom. The number of Topliss-reactive ketones (excluding diaryl/α,β-unsaturated/α-hetero) is 1. The minimum Gasteiger partial charge on any atom is -0.454 e. The van der Waals surface area contributed by atoms with Crippen LogP contribution in [0.15, 0.2) is 35.1 Å². The molecule has 2 aromatic rings. The number of aromatic nitrogens is 1. The lowest BCUT2D eigenvalue weighted by molar-refractivity contribution is 0.0285. The monoisotopic (exact) mass is 343 g/mol. The third kappa shape index (κ3) is 3.52. The summed E-state index contributed by atoms with van der Waals surface area (Å²) in [5.74, 6) is -1.26. The summed E-state index contributed by atoms with van der Waals surface area (Å²) in [5, 5.41) is 0. The molecule has 0 radical (unpaired) electrons. The summed E-state index contributed by atoms with van der Waals surface area (Å²) in [4.78, 5) is 39.2. The van der Waals surface area contributed by atoms with Crippen LogP contribution in [0, 0.1) is 5.82 Å². The highest BCUT2D eigenvalue weighted by molar-refractivity contribution is 6.00. The van der Waals surface area contributed by atoms with Crippen LogP contribution >= 0.6 is 0 Å². The first-order chi connectivity index (χ1) is 12.0. The smallest absolute Gasteiger partial charge is 0.344 e. The van der Waals surface area contributed by atoms with Crippen molar-refractivity contribution in [3.05, 3.63) is 68.9 Å². The third-order valence-corrected chi connectivity index (χ3v) is 4.34. The molecule has 1 N–H and O–H groups in total. The number of aryl methyl sites for hydroxylation is 1. The molecule has 1 aliphatic rings. The second-order valence-corrected chi connectivity index (χ2v) is 6.03. The minimum atomic E-state index is -0.793. The topological polar surface area (TPSA) is 76.2 Å². The Hall–Kier alpha value is -2.76. The summed E-state index contributed by atoms with van der Waals surface area (Å²) in [6.45, 7) is 1.82. The number of carbonyl (C=O) groups excluding carboxylic acids is 2. The number of fused-ring (bicyclic) bond motifs is 1. The highest BCUT2D eigenvalue weighted by Crippen LogP contribution is 2.24. The van der Waals surface area contributed by atoms with Crippen LogP contribution in [0.4, 0.5) is 4.39 Å². The number of ketones is 1. The molecule has 1 atom stereocenters. The number of hydrogen-bond donors (Lipinski definition) is 1. The standard InChI is InChI=1S/C19H18FNO4/c1-2-17(11-6-8-12(20)9-7-11)25-19(24)14-10-13-15(21-18(14)23)4-3-5-16(13)22/h6-10,17H,2-5H2,1H3,(H,21,23)/t17-/m0/s1. The van der Waals surface area contributed by atoms with Gasteiger partial charge in [-0.3, -0.25) is 9.59 Å². The minimum absolute atomic E-state index is 0.0860. The van der Waals surface area contributed by atoms with Crippen LogP contribution in [0.5, 0.6) is 0 Å². The molecule has 0 unspecified atom stereocenters. The number of nitrogens with one attached hydrogen (secondary N) is 1. The molecule has 25 heavy (non-hydrogen) atoms. The first-order valence-electron chi connectivity index (χ1n) is 8.25. The van der Waals surface area contributed by atoms with Crippen molar-refractivity contribution in [3.63, 3.8) is 0 Å². The lowest BCUT2D eigenvalue weighted by Gasteiger charge is -2.18. The van der Waals surface area contributed by atoms with E-state index in [1.54, 1.807) is 0 Å². The van der Waals surface area contributed by atoms with E-state index in [9.17, 15) is 18.8 Å². The van der Waals surface area contributed by atoms with Gasteiger partial charge in [-0.1, -0.05) is 19.1 Å². The molecular weight excluding hydrogens is 325 g/mol. The number of H-pyrrole nitrogens is 1. The first-order valence-corrected chi connectivity index (χ1v) is 8.25. The third-order valence-electron chi connectivity index (χ3n) is 4.34.